The summed E-state index contributed by atoms with van der Waals surface area (Å²) in [4.78, 5) is 10.7. The van der Waals surface area contributed by atoms with Crippen LogP contribution in [0.15, 0.2) is 34.9 Å². The van der Waals surface area contributed by atoms with E-state index in [4.69, 9.17) is 19.0 Å². The predicted molar refractivity (Wildman–Crippen MR) is 67.7 cm³/mol. The van der Waals surface area contributed by atoms with Gasteiger partial charge in [0.15, 0.2) is 11.5 Å². The van der Waals surface area contributed by atoms with Crippen molar-refractivity contribution in [2.45, 2.75) is 13.5 Å². The Kier molecular flexibility index (Phi) is 3.75. The maximum Gasteiger partial charge on any atom is 0.338 e. The summed E-state index contributed by atoms with van der Waals surface area (Å²) in [5, 5.41) is 8.78. The molecule has 0 saturated heterocycles. The third-order valence-electron chi connectivity index (χ3n) is 2.59. The number of hydrogen-bond donors (Lipinski definition) is 1. The van der Waals surface area contributed by atoms with E-state index in [2.05, 4.69) is 0 Å². The number of benzene rings is 1. The van der Waals surface area contributed by atoms with Crippen molar-refractivity contribution in [1.29, 1.82) is 0 Å². The molecule has 0 radical (unpaired) electrons. The highest BCUT2D eigenvalue weighted by atomic mass is 16.5. The summed E-state index contributed by atoms with van der Waals surface area (Å²) in [5.41, 5.74) is 1.17. The Bertz CT molecular complexity index is 585. The third kappa shape index (κ3) is 3.07. The molecule has 0 spiro atoms. The summed E-state index contributed by atoms with van der Waals surface area (Å²) in [6.45, 7) is 2.10. The van der Waals surface area contributed by atoms with Gasteiger partial charge in [0.2, 0.25) is 0 Å². The molecule has 1 aromatic carbocycles. The quantitative estimate of drug-likeness (QED) is 0.897. The van der Waals surface area contributed by atoms with Crippen LogP contribution < -0.4 is 9.47 Å². The van der Waals surface area contributed by atoms with Gasteiger partial charge in [-0.1, -0.05) is 6.07 Å². The Labute approximate surface area is 110 Å². The van der Waals surface area contributed by atoms with E-state index in [9.17, 15) is 4.79 Å². The molecule has 100 valence electrons. The van der Waals surface area contributed by atoms with Crippen LogP contribution in [0.4, 0.5) is 0 Å². The van der Waals surface area contributed by atoms with E-state index < -0.39 is 5.97 Å². The van der Waals surface area contributed by atoms with Crippen LogP contribution in [0.1, 0.15) is 21.7 Å². The molecule has 0 bridgehead atoms. The van der Waals surface area contributed by atoms with E-state index in [1.807, 2.05) is 19.1 Å². The Hall–Kier alpha value is -2.43. The van der Waals surface area contributed by atoms with Crippen molar-refractivity contribution in [3.8, 4) is 11.5 Å². The average molecular weight is 262 g/mol. The zero-order valence-corrected chi connectivity index (χ0v) is 10.7. The topological polar surface area (TPSA) is 68.9 Å². The molecule has 19 heavy (non-hydrogen) atoms. The molecule has 0 fully saturated rings. The van der Waals surface area contributed by atoms with Crippen molar-refractivity contribution in [3.05, 3.63) is 47.4 Å². The molecule has 0 atom stereocenters. The van der Waals surface area contributed by atoms with Gasteiger partial charge in [-0.25, -0.2) is 4.79 Å². The molecule has 1 heterocycles. The number of aryl methyl sites for hydroxylation is 1. The van der Waals surface area contributed by atoms with Crippen LogP contribution in [0.2, 0.25) is 0 Å². The zero-order valence-electron chi connectivity index (χ0n) is 10.7. The van der Waals surface area contributed by atoms with Gasteiger partial charge >= 0.3 is 5.97 Å². The summed E-state index contributed by atoms with van der Waals surface area (Å²) in [6, 6.07) is 7.00. The SMILES string of the molecule is COc1cc(C)ccc1OCc1cc(C(=O)O)co1. The van der Waals surface area contributed by atoms with Crippen LogP contribution in [-0.4, -0.2) is 18.2 Å². The van der Waals surface area contributed by atoms with Gasteiger partial charge in [0.05, 0.1) is 12.7 Å². The van der Waals surface area contributed by atoms with Gasteiger partial charge in [-0.15, -0.1) is 0 Å². The first-order chi connectivity index (χ1) is 9.10. The van der Waals surface area contributed by atoms with Crippen LogP contribution in [0, 0.1) is 6.92 Å². The summed E-state index contributed by atoms with van der Waals surface area (Å²) in [5.74, 6) is 0.634. The van der Waals surface area contributed by atoms with Crippen LogP contribution in [0.3, 0.4) is 0 Å². The molecule has 0 unspecified atom stereocenters. The van der Waals surface area contributed by atoms with E-state index >= 15 is 0 Å². The van der Waals surface area contributed by atoms with Crippen molar-refractivity contribution < 1.29 is 23.8 Å². The lowest BCUT2D eigenvalue weighted by Crippen LogP contribution is -1.97. The number of rotatable bonds is 5. The fraction of sp³-hybridized carbons (Fsp3) is 0.214. The number of carbonyl (C=O) groups is 1. The highest BCUT2D eigenvalue weighted by Crippen LogP contribution is 2.28. The number of aromatic carboxylic acids is 1. The van der Waals surface area contributed by atoms with E-state index in [1.165, 1.54) is 12.3 Å². The minimum Gasteiger partial charge on any atom is -0.493 e. The van der Waals surface area contributed by atoms with Crippen LogP contribution in [0.25, 0.3) is 0 Å². The fourth-order valence-electron chi connectivity index (χ4n) is 1.61. The number of carboxylic acids is 1. The maximum atomic E-state index is 10.7. The van der Waals surface area contributed by atoms with Crippen LogP contribution in [-0.2, 0) is 6.61 Å². The van der Waals surface area contributed by atoms with Crippen molar-refractivity contribution in [1.82, 2.24) is 0 Å². The molecule has 5 nitrogen and oxygen atoms in total. The molecule has 0 amide bonds. The first-order valence-corrected chi connectivity index (χ1v) is 5.68. The lowest BCUT2D eigenvalue weighted by atomic mass is 10.2. The van der Waals surface area contributed by atoms with Gasteiger partial charge < -0.3 is 19.0 Å². The molecule has 0 aliphatic heterocycles. The summed E-state index contributed by atoms with van der Waals surface area (Å²) < 4.78 is 15.9. The monoisotopic (exact) mass is 262 g/mol. The van der Waals surface area contributed by atoms with E-state index in [1.54, 1.807) is 13.2 Å². The normalized spacial score (nSPS) is 10.2. The Morgan fingerprint density at radius 3 is 2.74 bits per heavy atom. The number of hydrogen-bond acceptors (Lipinski definition) is 4. The average Bonchev–Trinajstić information content (AvgIpc) is 2.86. The van der Waals surface area contributed by atoms with Crippen LogP contribution in [0.5, 0.6) is 11.5 Å². The van der Waals surface area contributed by atoms with Gasteiger partial charge in [0.1, 0.15) is 18.6 Å². The second kappa shape index (κ2) is 5.48. The smallest absolute Gasteiger partial charge is 0.338 e. The van der Waals surface area contributed by atoms with Gasteiger partial charge in [-0.3, -0.25) is 0 Å². The highest BCUT2D eigenvalue weighted by Gasteiger charge is 2.10. The van der Waals surface area contributed by atoms with Crippen molar-refractivity contribution in [2.24, 2.45) is 0 Å². The Balaban J connectivity index is 2.07. The fourth-order valence-corrected chi connectivity index (χ4v) is 1.61. The summed E-state index contributed by atoms with van der Waals surface area (Å²) >= 11 is 0. The molecule has 0 saturated carbocycles. The molecular formula is C14H14O5. The first kappa shape index (κ1) is 13.0. The summed E-state index contributed by atoms with van der Waals surface area (Å²) in [7, 11) is 1.57. The van der Waals surface area contributed by atoms with Gasteiger partial charge in [-0.05, 0) is 30.7 Å². The lowest BCUT2D eigenvalue weighted by Gasteiger charge is -2.10. The molecule has 2 rings (SSSR count). The minimum atomic E-state index is -1.03. The van der Waals surface area contributed by atoms with E-state index in [0.29, 0.717) is 17.3 Å². The number of methoxy groups -OCH3 is 1. The predicted octanol–water partition coefficient (Wildman–Crippen LogP) is 2.87. The number of ether oxygens (including phenoxy) is 2. The van der Waals surface area contributed by atoms with Crippen molar-refractivity contribution in [2.75, 3.05) is 7.11 Å². The Morgan fingerprint density at radius 1 is 1.32 bits per heavy atom. The third-order valence-corrected chi connectivity index (χ3v) is 2.59. The molecule has 0 aliphatic rings. The summed E-state index contributed by atoms with van der Waals surface area (Å²) in [6.07, 6.45) is 1.19. The molecule has 0 aliphatic carbocycles. The van der Waals surface area contributed by atoms with Crippen molar-refractivity contribution in [3.63, 3.8) is 0 Å². The van der Waals surface area contributed by atoms with Crippen molar-refractivity contribution >= 4 is 5.97 Å². The number of carboxylic acid groups (broad SMARTS) is 1. The molecule has 1 aromatic heterocycles. The number of furan rings is 1. The van der Waals surface area contributed by atoms with E-state index in [-0.39, 0.29) is 12.2 Å². The first-order valence-electron chi connectivity index (χ1n) is 5.68. The standard InChI is InChI=1S/C14H14O5/c1-9-3-4-12(13(5-9)17-2)19-8-11-6-10(7-18-11)14(15)16/h3-7H,8H2,1-2H3,(H,15,16). The zero-order chi connectivity index (χ0) is 13.8. The maximum absolute atomic E-state index is 10.7. The molecule has 5 heteroatoms. The van der Waals surface area contributed by atoms with Gasteiger partial charge in [0.25, 0.3) is 0 Å². The Morgan fingerprint density at radius 2 is 2.11 bits per heavy atom. The lowest BCUT2D eigenvalue weighted by molar-refractivity contribution is 0.0696. The largest absolute Gasteiger partial charge is 0.493 e. The molecule has 2 aromatic rings. The van der Waals surface area contributed by atoms with Crippen LogP contribution >= 0.6 is 0 Å². The molecule has 1 N–H and O–H groups in total. The van der Waals surface area contributed by atoms with Gasteiger partial charge in [-0.2, -0.15) is 0 Å². The van der Waals surface area contributed by atoms with Gasteiger partial charge in [0, 0.05) is 0 Å². The second-order valence-electron chi connectivity index (χ2n) is 4.05. The molecular weight excluding hydrogens is 248 g/mol. The minimum absolute atomic E-state index is 0.106. The highest BCUT2D eigenvalue weighted by molar-refractivity contribution is 5.87. The second-order valence-corrected chi connectivity index (χ2v) is 4.05. The van der Waals surface area contributed by atoms with E-state index in [0.717, 1.165) is 5.56 Å².